The Kier molecular flexibility index (Phi) is 5.13. The van der Waals surface area contributed by atoms with Crippen molar-refractivity contribution in [3.05, 3.63) is 24.3 Å². The van der Waals surface area contributed by atoms with E-state index in [9.17, 15) is 13.2 Å². The summed E-state index contributed by atoms with van der Waals surface area (Å²) >= 11 is 0. The molecule has 1 aromatic carbocycles. The lowest BCUT2D eigenvalue weighted by atomic mass is 10.0. The number of benzene rings is 1. The molecule has 0 bridgehead atoms. The lowest BCUT2D eigenvalue weighted by Crippen LogP contribution is -2.42. The highest BCUT2D eigenvalue weighted by molar-refractivity contribution is 7.89. The Hall–Kier alpha value is -1.60. The van der Waals surface area contributed by atoms with Gasteiger partial charge < -0.3 is 9.84 Å². The molecule has 0 aliphatic carbocycles. The van der Waals surface area contributed by atoms with Crippen LogP contribution in [0, 0.1) is 0 Å². The summed E-state index contributed by atoms with van der Waals surface area (Å²) in [5.41, 5.74) is -0.530. The van der Waals surface area contributed by atoms with Crippen molar-refractivity contribution >= 4 is 16.0 Å². The largest absolute Gasteiger partial charge is 0.482 e. The summed E-state index contributed by atoms with van der Waals surface area (Å²) in [7, 11) is -3.60. The van der Waals surface area contributed by atoms with Gasteiger partial charge in [0.05, 0.1) is 4.90 Å². The van der Waals surface area contributed by atoms with Crippen molar-refractivity contribution in [2.24, 2.45) is 0 Å². The van der Waals surface area contributed by atoms with Crippen molar-refractivity contribution in [1.29, 1.82) is 0 Å². The van der Waals surface area contributed by atoms with Crippen LogP contribution in [0.25, 0.3) is 0 Å². The van der Waals surface area contributed by atoms with Crippen LogP contribution in [0.5, 0.6) is 5.75 Å². The lowest BCUT2D eigenvalue weighted by Gasteiger charge is -2.24. The van der Waals surface area contributed by atoms with Gasteiger partial charge in [-0.1, -0.05) is 6.92 Å². The molecule has 0 amide bonds. The molecule has 0 saturated carbocycles. The van der Waals surface area contributed by atoms with Gasteiger partial charge in [0.1, 0.15) is 5.75 Å². The second-order valence-corrected chi connectivity index (χ2v) is 6.68. The van der Waals surface area contributed by atoms with Crippen molar-refractivity contribution in [3.63, 3.8) is 0 Å². The van der Waals surface area contributed by atoms with Crippen molar-refractivity contribution in [2.45, 2.75) is 37.6 Å². The van der Waals surface area contributed by atoms with E-state index in [-0.39, 0.29) is 4.90 Å². The van der Waals surface area contributed by atoms with E-state index in [1.165, 1.54) is 24.3 Å². The van der Waals surface area contributed by atoms with Gasteiger partial charge in [-0.15, -0.1) is 0 Å². The predicted molar refractivity (Wildman–Crippen MR) is 74.3 cm³/mol. The monoisotopic (exact) mass is 301 g/mol. The number of carboxylic acid groups (broad SMARTS) is 1. The lowest BCUT2D eigenvalue weighted by molar-refractivity contribution is -0.139. The van der Waals surface area contributed by atoms with Crippen LogP contribution in [0.1, 0.15) is 27.2 Å². The molecule has 0 radical (unpaired) electrons. The smallest absolute Gasteiger partial charge is 0.341 e. The molecule has 6 nitrogen and oxygen atoms in total. The van der Waals surface area contributed by atoms with Crippen molar-refractivity contribution in [2.75, 3.05) is 6.61 Å². The van der Waals surface area contributed by atoms with E-state index < -0.39 is 28.1 Å². The zero-order chi connectivity index (χ0) is 15.4. The molecule has 20 heavy (non-hydrogen) atoms. The molecule has 2 N–H and O–H groups in total. The third kappa shape index (κ3) is 4.82. The minimum Gasteiger partial charge on any atom is -0.482 e. The Morgan fingerprint density at radius 2 is 1.85 bits per heavy atom. The normalized spacial score (nSPS) is 12.2. The number of hydrogen-bond donors (Lipinski definition) is 2. The number of carbonyl (C=O) groups is 1. The third-order valence-electron chi connectivity index (χ3n) is 2.79. The summed E-state index contributed by atoms with van der Waals surface area (Å²) in [4.78, 5) is 10.5. The van der Waals surface area contributed by atoms with Crippen molar-refractivity contribution in [3.8, 4) is 5.75 Å². The minimum atomic E-state index is -3.60. The van der Waals surface area contributed by atoms with Crippen molar-refractivity contribution < 1.29 is 23.1 Å². The number of nitrogens with one attached hydrogen (secondary N) is 1. The molecule has 0 fully saturated rings. The number of hydrogen-bond acceptors (Lipinski definition) is 4. The van der Waals surface area contributed by atoms with Gasteiger partial charge in [-0.25, -0.2) is 17.9 Å². The number of aliphatic carboxylic acids is 1. The molecule has 1 aromatic rings. The van der Waals surface area contributed by atoms with E-state index in [1.54, 1.807) is 13.8 Å². The highest BCUT2D eigenvalue weighted by atomic mass is 32.2. The summed E-state index contributed by atoms with van der Waals surface area (Å²) in [6.07, 6.45) is 0.659. The molecule has 0 aliphatic rings. The van der Waals surface area contributed by atoms with Gasteiger partial charge in [-0.2, -0.15) is 0 Å². The number of ether oxygens (including phenoxy) is 1. The van der Waals surface area contributed by atoms with Gasteiger partial charge in [0, 0.05) is 5.54 Å². The van der Waals surface area contributed by atoms with E-state index >= 15 is 0 Å². The van der Waals surface area contributed by atoms with Crippen LogP contribution >= 0.6 is 0 Å². The molecule has 0 unspecified atom stereocenters. The maximum Gasteiger partial charge on any atom is 0.341 e. The first-order valence-electron chi connectivity index (χ1n) is 6.15. The van der Waals surface area contributed by atoms with Gasteiger partial charge >= 0.3 is 5.97 Å². The minimum absolute atomic E-state index is 0.113. The van der Waals surface area contributed by atoms with E-state index in [2.05, 4.69) is 4.72 Å². The standard InChI is InChI=1S/C13H19NO5S/c1-4-13(2,3)14-20(17,18)11-7-5-10(6-8-11)19-9-12(15)16/h5-8,14H,4,9H2,1-3H3,(H,15,16). The summed E-state index contributed by atoms with van der Waals surface area (Å²) < 4.78 is 31.8. The van der Waals surface area contributed by atoms with Gasteiger partial charge in [0.15, 0.2) is 6.61 Å². The Labute approximate surface area is 118 Å². The van der Waals surface area contributed by atoms with Crippen LogP contribution < -0.4 is 9.46 Å². The van der Waals surface area contributed by atoms with Crippen LogP contribution in [0.4, 0.5) is 0 Å². The Bertz CT molecular complexity index is 563. The average Bonchev–Trinajstić information content (AvgIpc) is 2.35. The zero-order valence-electron chi connectivity index (χ0n) is 11.7. The molecular formula is C13H19NO5S. The molecule has 0 spiro atoms. The second-order valence-electron chi connectivity index (χ2n) is 5.00. The van der Waals surface area contributed by atoms with Crippen molar-refractivity contribution in [1.82, 2.24) is 4.72 Å². The van der Waals surface area contributed by atoms with Crippen LogP contribution in [-0.2, 0) is 14.8 Å². The molecule has 7 heteroatoms. The van der Waals surface area contributed by atoms with Gasteiger partial charge in [-0.05, 0) is 44.5 Å². The summed E-state index contributed by atoms with van der Waals surface area (Å²) in [6.45, 7) is 5.03. The second kappa shape index (κ2) is 6.23. The van der Waals surface area contributed by atoms with Gasteiger partial charge in [0.25, 0.3) is 0 Å². The summed E-state index contributed by atoms with van der Waals surface area (Å²) in [5, 5.41) is 8.48. The molecule has 1 rings (SSSR count). The maximum absolute atomic E-state index is 12.1. The van der Waals surface area contributed by atoms with Crippen LogP contribution in [0.3, 0.4) is 0 Å². The van der Waals surface area contributed by atoms with E-state index in [1.807, 2.05) is 6.92 Å². The molecular weight excluding hydrogens is 282 g/mol. The van der Waals surface area contributed by atoms with Gasteiger partial charge in [-0.3, -0.25) is 0 Å². The zero-order valence-corrected chi connectivity index (χ0v) is 12.5. The van der Waals surface area contributed by atoms with Gasteiger partial charge in [0.2, 0.25) is 10.0 Å². The molecule has 0 aliphatic heterocycles. The summed E-state index contributed by atoms with van der Waals surface area (Å²) in [5.74, 6) is -0.783. The fraction of sp³-hybridized carbons (Fsp3) is 0.462. The Balaban J connectivity index is 2.84. The van der Waals surface area contributed by atoms with E-state index in [0.717, 1.165) is 0 Å². The number of rotatable bonds is 7. The highest BCUT2D eigenvalue weighted by Crippen LogP contribution is 2.18. The highest BCUT2D eigenvalue weighted by Gasteiger charge is 2.24. The maximum atomic E-state index is 12.1. The topological polar surface area (TPSA) is 92.7 Å². The molecule has 112 valence electrons. The van der Waals surface area contributed by atoms with Crippen LogP contribution in [0.15, 0.2) is 29.2 Å². The first-order chi connectivity index (χ1) is 9.16. The Morgan fingerprint density at radius 1 is 1.30 bits per heavy atom. The molecule has 0 saturated heterocycles. The van der Waals surface area contributed by atoms with Crippen LogP contribution in [-0.4, -0.2) is 31.6 Å². The fourth-order valence-electron chi connectivity index (χ4n) is 1.35. The van der Waals surface area contributed by atoms with E-state index in [4.69, 9.17) is 9.84 Å². The Morgan fingerprint density at radius 3 is 2.30 bits per heavy atom. The number of carboxylic acids is 1. The molecule has 0 heterocycles. The average molecular weight is 301 g/mol. The first-order valence-corrected chi connectivity index (χ1v) is 7.63. The summed E-state index contributed by atoms with van der Waals surface area (Å²) in [6, 6.07) is 5.61. The van der Waals surface area contributed by atoms with Crippen LogP contribution in [0.2, 0.25) is 0 Å². The van der Waals surface area contributed by atoms with E-state index in [0.29, 0.717) is 12.2 Å². The predicted octanol–water partition coefficient (Wildman–Crippen LogP) is 1.62. The first kappa shape index (κ1) is 16.5. The quantitative estimate of drug-likeness (QED) is 0.798. The third-order valence-corrected chi connectivity index (χ3v) is 4.50. The fourth-order valence-corrected chi connectivity index (χ4v) is 2.84. The SMILES string of the molecule is CCC(C)(C)NS(=O)(=O)c1ccc(OCC(=O)O)cc1. The molecule has 0 atom stereocenters. The number of sulfonamides is 1. The molecule has 0 aromatic heterocycles.